The zero-order chi connectivity index (χ0) is 20.3. The number of aromatic nitrogens is 1. The van der Waals surface area contributed by atoms with Gasteiger partial charge in [-0.05, 0) is 35.9 Å². The van der Waals surface area contributed by atoms with Crippen LogP contribution < -0.4 is 15.2 Å². The van der Waals surface area contributed by atoms with E-state index in [4.69, 9.17) is 15.2 Å². The van der Waals surface area contributed by atoms with E-state index in [0.29, 0.717) is 33.9 Å². The first-order valence-corrected chi connectivity index (χ1v) is 8.15. The number of non-ortho nitro benzene ring substituents is 1. The van der Waals surface area contributed by atoms with Crippen molar-refractivity contribution in [1.29, 1.82) is 5.26 Å². The van der Waals surface area contributed by atoms with Crippen molar-refractivity contribution in [3.05, 3.63) is 64.2 Å². The highest BCUT2D eigenvalue weighted by Crippen LogP contribution is 2.35. The van der Waals surface area contributed by atoms with Gasteiger partial charge in [0.05, 0.1) is 24.8 Å². The van der Waals surface area contributed by atoms with Crippen molar-refractivity contribution in [3.8, 4) is 40.0 Å². The third-order valence-corrected chi connectivity index (χ3v) is 4.20. The first kappa shape index (κ1) is 18.7. The number of nitrogen functional groups attached to an aromatic ring is 1. The van der Waals surface area contributed by atoms with Crippen LogP contribution in [0.3, 0.4) is 0 Å². The van der Waals surface area contributed by atoms with Gasteiger partial charge in [0.15, 0.2) is 0 Å². The lowest BCUT2D eigenvalue weighted by molar-refractivity contribution is -0.384. The second kappa shape index (κ2) is 7.63. The molecule has 140 valence electrons. The van der Waals surface area contributed by atoms with Gasteiger partial charge in [0.1, 0.15) is 28.9 Å². The summed E-state index contributed by atoms with van der Waals surface area (Å²) in [7, 11) is 3.07. The summed E-state index contributed by atoms with van der Waals surface area (Å²) in [6.07, 6.45) is 0. The van der Waals surface area contributed by atoms with E-state index >= 15 is 0 Å². The van der Waals surface area contributed by atoms with E-state index < -0.39 is 4.92 Å². The Hall–Kier alpha value is -4.12. The summed E-state index contributed by atoms with van der Waals surface area (Å²) in [6, 6.07) is 15.0. The number of benzene rings is 2. The molecule has 0 fully saturated rings. The second-order valence-corrected chi connectivity index (χ2v) is 5.83. The molecule has 1 heterocycles. The summed E-state index contributed by atoms with van der Waals surface area (Å²) >= 11 is 0. The topological polar surface area (TPSA) is 124 Å². The summed E-state index contributed by atoms with van der Waals surface area (Å²) in [5.41, 5.74) is 8.57. The summed E-state index contributed by atoms with van der Waals surface area (Å²) < 4.78 is 10.6. The molecule has 2 aromatic carbocycles. The number of nitriles is 1. The van der Waals surface area contributed by atoms with E-state index in [1.807, 2.05) is 0 Å². The highest BCUT2D eigenvalue weighted by molar-refractivity contribution is 5.81. The predicted octanol–water partition coefficient (Wildman–Crippen LogP) is 3.79. The number of nitro groups is 1. The molecule has 28 heavy (non-hydrogen) atoms. The Kier molecular flexibility index (Phi) is 5.09. The Bertz CT molecular complexity index is 1070. The van der Waals surface area contributed by atoms with Crippen molar-refractivity contribution >= 4 is 11.5 Å². The van der Waals surface area contributed by atoms with Crippen molar-refractivity contribution in [2.24, 2.45) is 0 Å². The van der Waals surface area contributed by atoms with E-state index in [-0.39, 0.29) is 17.1 Å². The molecule has 0 aliphatic rings. The van der Waals surface area contributed by atoms with Gasteiger partial charge in [-0.2, -0.15) is 5.26 Å². The van der Waals surface area contributed by atoms with Gasteiger partial charge in [-0.15, -0.1) is 0 Å². The first-order chi connectivity index (χ1) is 13.5. The molecule has 0 saturated carbocycles. The maximum Gasteiger partial charge on any atom is 0.269 e. The number of nitro benzene ring substituents is 1. The molecule has 3 aromatic rings. The van der Waals surface area contributed by atoms with Gasteiger partial charge in [-0.1, -0.05) is 0 Å². The largest absolute Gasteiger partial charge is 0.497 e. The van der Waals surface area contributed by atoms with Gasteiger partial charge in [0, 0.05) is 29.3 Å². The SMILES string of the molecule is COc1cc(OC)cc(-c2cc(-c3ccc([N+](=O)[O-])cc3)nc(N)c2C#N)c1. The van der Waals surface area contributed by atoms with Crippen LogP contribution in [0.15, 0.2) is 48.5 Å². The molecule has 0 radical (unpaired) electrons. The zero-order valence-electron chi connectivity index (χ0n) is 15.2. The molecule has 0 atom stereocenters. The quantitative estimate of drug-likeness (QED) is 0.530. The number of anilines is 1. The highest BCUT2D eigenvalue weighted by atomic mass is 16.6. The molecule has 8 nitrogen and oxygen atoms in total. The van der Waals surface area contributed by atoms with Gasteiger partial charge >= 0.3 is 0 Å². The minimum Gasteiger partial charge on any atom is -0.497 e. The number of nitrogens with zero attached hydrogens (tertiary/aromatic N) is 3. The van der Waals surface area contributed by atoms with E-state index in [9.17, 15) is 15.4 Å². The van der Waals surface area contributed by atoms with Crippen LogP contribution in [0, 0.1) is 21.4 Å². The van der Waals surface area contributed by atoms with Gasteiger partial charge in [0.2, 0.25) is 0 Å². The average Bonchev–Trinajstić information content (AvgIpc) is 2.72. The van der Waals surface area contributed by atoms with Crippen LogP contribution >= 0.6 is 0 Å². The van der Waals surface area contributed by atoms with Crippen LogP contribution in [0.1, 0.15) is 5.56 Å². The molecule has 8 heteroatoms. The fourth-order valence-electron chi connectivity index (χ4n) is 2.77. The third kappa shape index (κ3) is 3.54. The van der Waals surface area contributed by atoms with E-state index in [1.165, 1.54) is 26.4 Å². The molecule has 1 aromatic heterocycles. The number of pyridine rings is 1. The summed E-state index contributed by atoms with van der Waals surface area (Å²) in [5, 5.41) is 20.4. The molecule has 0 amide bonds. The predicted molar refractivity (Wildman–Crippen MR) is 104 cm³/mol. The number of hydrogen-bond donors (Lipinski definition) is 1. The molecule has 0 aliphatic carbocycles. The number of nitrogens with two attached hydrogens (primary N) is 1. The maximum absolute atomic E-state index is 10.9. The summed E-state index contributed by atoms with van der Waals surface area (Å²) in [4.78, 5) is 14.7. The second-order valence-electron chi connectivity index (χ2n) is 5.83. The van der Waals surface area contributed by atoms with Crippen molar-refractivity contribution in [2.45, 2.75) is 0 Å². The number of ether oxygens (including phenoxy) is 2. The Morgan fingerprint density at radius 2 is 1.64 bits per heavy atom. The molecule has 2 N–H and O–H groups in total. The Balaban J connectivity index is 2.19. The zero-order valence-corrected chi connectivity index (χ0v) is 15.2. The number of hydrogen-bond acceptors (Lipinski definition) is 7. The molecular weight excluding hydrogens is 360 g/mol. The minimum atomic E-state index is -0.474. The monoisotopic (exact) mass is 376 g/mol. The lowest BCUT2D eigenvalue weighted by Gasteiger charge is -2.13. The van der Waals surface area contributed by atoms with Crippen molar-refractivity contribution in [2.75, 3.05) is 20.0 Å². The Morgan fingerprint density at radius 1 is 1.04 bits per heavy atom. The van der Waals surface area contributed by atoms with Crippen molar-refractivity contribution in [3.63, 3.8) is 0 Å². The fourth-order valence-corrected chi connectivity index (χ4v) is 2.77. The highest BCUT2D eigenvalue weighted by Gasteiger charge is 2.16. The first-order valence-electron chi connectivity index (χ1n) is 8.15. The normalized spacial score (nSPS) is 10.2. The maximum atomic E-state index is 10.9. The van der Waals surface area contributed by atoms with Crippen LogP contribution in [0.25, 0.3) is 22.4 Å². The fraction of sp³-hybridized carbons (Fsp3) is 0.100. The van der Waals surface area contributed by atoms with E-state index in [0.717, 1.165) is 0 Å². The van der Waals surface area contributed by atoms with Crippen molar-refractivity contribution in [1.82, 2.24) is 4.98 Å². The summed E-state index contributed by atoms with van der Waals surface area (Å²) in [5.74, 6) is 1.19. The van der Waals surface area contributed by atoms with Gasteiger partial charge < -0.3 is 15.2 Å². The lowest BCUT2D eigenvalue weighted by Crippen LogP contribution is -2.00. The van der Waals surface area contributed by atoms with E-state index in [1.54, 1.807) is 36.4 Å². The Labute approximate surface area is 160 Å². The molecule has 0 aliphatic heterocycles. The van der Waals surface area contributed by atoms with E-state index in [2.05, 4.69) is 11.1 Å². The molecule has 0 saturated heterocycles. The molecule has 3 rings (SSSR count). The van der Waals surface area contributed by atoms with Gasteiger partial charge in [-0.25, -0.2) is 4.98 Å². The smallest absolute Gasteiger partial charge is 0.269 e. The summed E-state index contributed by atoms with van der Waals surface area (Å²) in [6.45, 7) is 0. The third-order valence-electron chi connectivity index (χ3n) is 4.20. The van der Waals surface area contributed by atoms with Crippen LogP contribution in [0.5, 0.6) is 11.5 Å². The number of methoxy groups -OCH3 is 2. The van der Waals surface area contributed by atoms with Crippen LogP contribution in [-0.2, 0) is 0 Å². The van der Waals surface area contributed by atoms with Gasteiger partial charge in [0.25, 0.3) is 5.69 Å². The standard InChI is InChI=1S/C20H16N4O4/c1-27-15-7-13(8-16(9-15)28-2)17-10-19(23-20(22)18(17)11-21)12-3-5-14(6-4-12)24(25)26/h3-10H,1-2H3,(H2,22,23). The van der Waals surface area contributed by atoms with Crippen LogP contribution in [0.2, 0.25) is 0 Å². The molecular formula is C20H16N4O4. The minimum absolute atomic E-state index is 0.0249. The van der Waals surface area contributed by atoms with Gasteiger partial charge in [-0.3, -0.25) is 10.1 Å². The molecule has 0 bridgehead atoms. The average molecular weight is 376 g/mol. The Morgan fingerprint density at radius 3 is 2.14 bits per heavy atom. The lowest BCUT2D eigenvalue weighted by atomic mass is 9.98. The molecule has 0 unspecified atom stereocenters. The van der Waals surface area contributed by atoms with Crippen LogP contribution in [0.4, 0.5) is 11.5 Å². The van der Waals surface area contributed by atoms with Crippen LogP contribution in [-0.4, -0.2) is 24.1 Å². The molecule has 0 spiro atoms. The number of rotatable bonds is 5. The van der Waals surface area contributed by atoms with Crippen molar-refractivity contribution < 1.29 is 14.4 Å².